The van der Waals surface area contributed by atoms with Crippen molar-refractivity contribution in [2.45, 2.75) is 19.8 Å². The van der Waals surface area contributed by atoms with Crippen molar-refractivity contribution in [3.8, 4) is 11.5 Å². The normalized spacial score (nSPS) is 15.7. The smallest absolute Gasteiger partial charge is 0.275 e. The Labute approximate surface area is 98.8 Å². The Morgan fingerprint density at radius 1 is 1.41 bits per heavy atom. The Balaban J connectivity index is 2.08. The maximum atomic E-state index is 11.7. The molecule has 0 unspecified atom stereocenters. The molecule has 1 aromatic rings. The van der Waals surface area contributed by atoms with E-state index in [-0.39, 0.29) is 17.1 Å². The molecule has 1 fully saturated rings. The minimum absolute atomic E-state index is 0.0114. The van der Waals surface area contributed by atoms with Crippen LogP contribution in [0.2, 0.25) is 0 Å². The third-order valence-electron chi connectivity index (χ3n) is 2.73. The van der Waals surface area contributed by atoms with Crippen molar-refractivity contribution < 1.29 is 15.0 Å². The Kier molecular flexibility index (Phi) is 2.99. The summed E-state index contributed by atoms with van der Waals surface area (Å²) in [5.74, 6) is -0.304. The standard InChI is InChI=1S/C12H14N2O3/c1-7(8-2-3-8)13-14-12(17)10-6-9(15)4-5-11(10)16/h4-6,8,15-16H,2-3H2,1H3,(H,14,17)/b13-7+. The van der Waals surface area contributed by atoms with E-state index in [1.807, 2.05) is 6.92 Å². The molecule has 0 atom stereocenters. The highest BCUT2D eigenvalue weighted by Crippen LogP contribution is 2.30. The van der Waals surface area contributed by atoms with Crippen LogP contribution in [0.15, 0.2) is 23.3 Å². The van der Waals surface area contributed by atoms with Crippen LogP contribution in [-0.2, 0) is 0 Å². The van der Waals surface area contributed by atoms with E-state index in [1.54, 1.807) is 0 Å². The molecule has 17 heavy (non-hydrogen) atoms. The van der Waals surface area contributed by atoms with Gasteiger partial charge < -0.3 is 10.2 Å². The molecule has 0 aromatic heterocycles. The summed E-state index contributed by atoms with van der Waals surface area (Å²) in [5, 5.41) is 22.7. The highest BCUT2D eigenvalue weighted by molar-refractivity contribution is 5.98. The Bertz CT molecular complexity index is 479. The molecule has 5 heteroatoms. The SMILES string of the molecule is C/C(=N\NC(=O)c1cc(O)ccc1O)C1CC1. The van der Waals surface area contributed by atoms with Crippen LogP contribution in [0.1, 0.15) is 30.1 Å². The van der Waals surface area contributed by atoms with Crippen LogP contribution in [-0.4, -0.2) is 21.8 Å². The van der Waals surface area contributed by atoms with E-state index in [0.29, 0.717) is 5.92 Å². The molecule has 90 valence electrons. The van der Waals surface area contributed by atoms with Crippen molar-refractivity contribution in [3.05, 3.63) is 23.8 Å². The summed E-state index contributed by atoms with van der Waals surface area (Å²) in [7, 11) is 0. The minimum Gasteiger partial charge on any atom is -0.508 e. The van der Waals surface area contributed by atoms with Crippen molar-refractivity contribution in [2.75, 3.05) is 0 Å². The van der Waals surface area contributed by atoms with Gasteiger partial charge in [0.05, 0.1) is 5.56 Å². The summed E-state index contributed by atoms with van der Waals surface area (Å²) in [6.45, 7) is 1.86. The minimum atomic E-state index is -0.529. The first-order chi connectivity index (χ1) is 8.08. The number of rotatable bonds is 3. The number of amides is 1. The van der Waals surface area contributed by atoms with Crippen LogP contribution in [0.5, 0.6) is 11.5 Å². The molecule has 2 rings (SSSR count). The zero-order valence-corrected chi connectivity index (χ0v) is 9.47. The van der Waals surface area contributed by atoms with E-state index in [2.05, 4.69) is 10.5 Å². The van der Waals surface area contributed by atoms with Gasteiger partial charge in [0.2, 0.25) is 0 Å². The molecular formula is C12H14N2O3. The summed E-state index contributed by atoms with van der Waals surface area (Å²) < 4.78 is 0. The number of hydrogen-bond donors (Lipinski definition) is 3. The lowest BCUT2D eigenvalue weighted by Crippen LogP contribution is -2.19. The largest absolute Gasteiger partial charge is 0.508 e. The number of nitrogens with zero attached hydrogens (tertiary/aromatic N) is 1. The van der Waals surface area contributed by atoms with Gasteiger partial charge in [-0.2, -0.15) is 5.10 Å². The number of phenols is 2. The molecule has 1 aliphatic rings. The Morgan fingerprint density at radius 2 is 2.12 bits per heavy atom. The molecule has 0 heterocycles. The zero-order chi connectivity index (χ0) is 12.4. The number of aromatic hydroxyl groups is 2. The van der Waals surface area contributed by atoms with Gasteiger partial charge in [-0.1, -0.05) is 0 Å². The van der Waals surface area contributed by atoms with E-state index in [9.17, 15) is 15.0 Å². The molecule has 1 saturated carbocycles. The molecule has 0 bridgehead atoms. The average Bonchev–Trinajstić information content (AvgIpc) is 3.12. The van der Waals surface area contributed by atoms with Gasteiger partial charge in [-0.25, -0.2) is 5.43 Å². The summed E-state index contributed by atoms with van der Waals surface area (Å²) >= 11 is 0. The lowest BCUT2D eigenvalue weighted by atomic mass is 10.2. The van der Waals surface area contributed by atoms with Crippen molar-refractivity contribution in [1.29, 1.82) is 0 Å². The molecule has 5 nitrogen and oxygen atoms in total. The number of nitrogens with one attached hydrogen (secondary N) is 1. The number of carbonyl (C=O) groups is 1. The summed E-state index contributed by atoms with van der Waals surface area (Å²) in [6.07, 6.45) is 2.23. The number of hydrogen-bond acceptors (Lipinski definition) is 4. The first-order valence-corrected chi connectivity index (χ1v) is 5.44. The molecule has 1 aromatic carbocycles. The molecule has 0 radical (unpaired) electrons. The van der Waals surface area contributed by atoms with Crippen LogP contribution in [0.25, 0.3) is 0 Å². The molecule has 1 amide bonds. The van der Waals surface area contributed by atoms with Gasteiger partial charge in [0.25, 0.3) is 5.91 Å². The van der Waals surface area contributed by atoms with E-state index >= 15 is 0 Å². The highest BCUT2D eigenvalue weighted by Gasteiger charge is 2.24. The molecular weight excluding hydrogens is 220 g/mol. The van der Waals surface area contributed by atoms with Gasteiger partial charge in [-0.3, -0.25) is 4.79 Å². The molecule has 0 aliphatic heterocycles. The fourth-order valence-electron chi connectivity index (χ4n) is 1.50. The number of hydrazone groups is 1. The van der Waals surface area contributed by atoms with Crippen molar-refractivity contribution >= 4 is 11.6 Å². The fraction of sp³-hybridized carbons (Fsp3) is 0.333. The van der Waals surface area contributed by atoms with E-state index in [1.165, 1.54) is 18.2 Å². The maximum Gasteiger partial charge on any atom is 0.275 e. The summed E-state index contributed by atoms with van der Waals surface area (Å²) in [4.78, 5) is 11.7. The van der Waals surface area contributed by atoms with Crippen LogP contribution in [0.3, 0.4) is 0 Å². The van der Waals surface area contributed by atoms with E-state index in [0.717, 1.165) is 18.6 Å². The molecule has 1 aliphatic carbocycles. The number of benzene rings is 1. The van der Waals surface area contributed by atoms with Crippen LogP contribution in [0, 0.1) is 5.92 Å². The molecule has 3 N–H and O–H groups in total. The van der Waals surface area contributed by atoms with Crippen LogP contribution >= 0.6 is 0 Å². The second kappa shape index (κ2) is 4.45. The lowest BCUT2D eigenvalue weighted by Gasteiger charge is -2.04. The zero-order valence-electron chi connectivity index (χ0n) is 9.47. The van der Waals surface area contributed by atoms with Crippen LogP contribution in [0.4, 0.5) is 0 Å². The topological polar surface area (TPSA) is 81.9 Å². The Morgan fingerprint density at radius 3 is 2.76 bits per heavy atom. The van der Waals surface area contributed by atoms with Gasteiger partial charge in [-0.05, 0) is 43.9 Å². The van der Waals surface area contributed by atoms with E-state index < -0.39 is 5.91 Å². The van der Waals surface area contributed by atoms with Crippen LogP contribution < -0.4 is 5.43 Å². The van der Waals surface area contributed by atoms with Gasteiger partial charge in [0.15, 0.2) is 0 Å². The lowest BCUT2D eigenvalue weighted by molar-refractivity contribution is 0.0951. The second-order valence-corrected chi connectivity index (χ2v) is 4.17. The fourth-order valence-corrected chi connectivity index (χ4v) is 1.50. The predicted molar refractivity (Wildman–Crippen MR) is 63.1 cm³/mol. The third-order valence-corrected chi connectivity index (χ3v) is 2.73. The number of phenolic OH excluding ortho intramolecular Hbond substituents is 2. The average molecular weight is 234 g/mol. The van der Waals surface area contributed by atoms with E-state index in [4.69, 9.17) is 0 Å². The maximum absolute atomic E-state index is 11.7. The Hall–Kier alpha value is -2.04. The third kappa shape index (κ3) is 2.75. The summed E-state index contributed by atoms with van der Waals surface area (Å²) in [6, 6.07) is 3.78. The van der Waals surface area contributed by atoms with Crippen molar-refractivity contribution in [2.24, 2.45) is 11.0 Å². The number of carbonyl (C=O) groups excluding carboxylic acids is 1. The summed E-state index contributed by atoms with van der Waals surface area (Å²) in [5.41, 5.74) is 3.26. The molecule has 0 saturated heterocycles. The van der Waals surface area contributed by atoms with Gasteiger partial charge in [0, 0.05) is 5.71 Å². The van der Waals surface area contributed by atoms with Gasteiger partial charge >= 0.3 is 0 Å². The van der Waals surface area contributed by atoms with Crippen molar-refractivity contribution in [3.63, 3.8) is 0 Å². The second-order valence-electron chi connectivity index (χ2n) is 4.17. The van der Waals surface area contributed by atoms with Crippen molar-refractivity contribution in [1.82, 2.24) is 5.43 Å². The monoisotopic (exact) mass is 234 g/mol. The van der Waals surface area contributed by atoms with Gasteiger partial charge in [0.1, 0.15) is 11.5 Å². The quantitative estimate of drug-likeness (QED) is 0.422. The first kappa shape index (κ1) is 11.4. The van der Waals surface area contributed by atoms with Gasteiger partial charge in [-0.15, -0.1) is 0 Å². The molecule has 0 spiro atoms. The highest BCUT2D eigenvalue weighted by atomic mass is 16.3. The first-order valence-electron chi connectivity index (χ1n) is 5.44. The predicted octanol–water partition coefficient (Wildman–Crippen LogP) is 1.61.